The van der Waals surface area contributed by atoms with Crippen LogP contribution in [0.2, 0.25) is 0 Å². The van der Waals surface area contributed by atoms with Crippen molar-refractivity contribution in [1.29, 1.82) is 0 Å². The molecule has 1 aromatic carbocycles. The van der Waals surface area contributed by atoms with Crippen molar-refractivity contribution in [1.82, 2.24) is 0 Å². The molecule has 0 radical (unpaired) electrons. The van der Waals surface area contributed by atoms with Crippen LogP contribution in [0.4, 0.5) is 0 Å². The summed E-state index contributed by atoms with van der Waals surface area (Å²) in [6, 6.07) is 8.22. The number of aliphatic hydroxyl groups is 1. The first-order valence-electron chi connectivity index (χ1n) is 13.0. The Balaban J connectivity index is 1.41. The van der Waals surface area contributed by atoms with Gasteiger partial charge in [-0.1, -0.05) is 36.8 Å². The van der Waals surface area contributed by atoms with Crippen LogP contribution in [0.1, 0.15) is 87.6 Å². The van der Waals surface area contributed by atoms with E-state index in [2.05, 4.69) is 26.0 Å². The third-order valence-corrected chi connectivity index (χ3v) is 10.7. The highest BCUT2D eigenvalue weighted by atomic mass is 16.5. The molecule has 8 atom stereocenters. The van der Waals surface area contributed by atoms with E-state index >= 15 is 0 Å². The molecule has 1 aromatic rings. The van der Waals surface area contributed by atoms with Crippen molar-refractivity contribution in [2.24, 2.45) is 40.4 Å². The van der Waals surface area contributed by atoms with Crippen molar-refractivity contribution < 1.29 is 14.6 Å². The molecule has 0 aliphatic heterocycles. The van der Waals surface area contributed by atoms with Crippen LogP contribution < -0.4 is 0 Å². The van der Waals surface area contributed by atoms with Gasteiger partial charge in [-0.3, -0.25) is 4.79 Å². The molecule has 0 heterocycles. The van der Waals surface area contributed by atoms with Crippen LogP contribution in [0.25, 0.3) is 0 Å². The summed E-state index contributed by atoms with van der Waals surface area (Å²) < 4.78 is 5.89. The van der Waals surface area contributed by atoms with Crippen molar-refractivity contribution in [3.05, 3.63) is 35.4 Å². The van der Waals surface area contributed by atoms with Crippen molar-refractivity contribution in [3.63, 3.8) is 0 Å². The van der Waals surface area contributed by atoms with E-state index < -0.39 is 5.60 Å². The third kappa shape index (κ3) is 3.41. The van der Waals surface area contributed by atoms with E-state index in [0.29, 0.717) is 29.5 Å². The fourth-order valence-corrected chi connectivity index (χ4v) is 9.13. The first kappa shape index (κ1) is 22.6. The number of carbonyl (C=O) groups is 1. The van der Waals surface area contributed by atoms with Gasteiger partial charge in [0.15, 0.2) is 5.78 Å². The molecule has 5 rings (SSSR count). The Morgan fingerprint density at radius 1 is 1.00 bits per heavy atom. The minimum atomic E-state index is -0.517. The van der Waals surface area contributed by atoms with Gasteiger partial charge in [-0.2, -0.15) is 0 Å². The monoisotopic (exact) mass is 438 g/mol. The molecule has 1 unspecified atom stereocenters. The lowest BCUT2D eigenvalue weighted by atomic mass is 9.43. The van der Waals surface area contributed by atoms with Gasteiger partial charge in [-0.05, 0) is 106 Å². The number of hydrogen-bond acceptors (Lipinski definition) is 3. The summed E-state index contributed by atoms with van der Waals surface area (Å²) in [5.74, 6) is 3.16. The zero-order valence-corrected chi connectivity index (χ0v) is 20.5. The molecule has 4 aliphatic rings. The number of Topliss-reactive ketones (excluding diaryl/α,β-unsaturated/α-hetero) is 1. The van der Waals surface area contributed by atoms with Gasteiger partial charge in [-0.25, -0.2) is 0 Å². The van der Waals surface area contributed by atoms with E-state index in [1.807, 2.05) is 26.2 Å². The van der Waals surface area contributed by atoms with Gasteiger partial charge >= 0.3 is 0 Å². The van der Waals surface area contributed by atoms with Gasteiger partial charge in [0, 0.05) is 18.6 Å². The van der Waals surface area contributed by atoms with Crippen LogP contribution in [-0.4, -0.2) is 30.2 Å². The largest absolute Gasteiger partial charge is 0.390 e. The molecule has 4 aliphatic carbocycles. The molecular weight excluding hydrogens is 396 g/mol. The Bertz CT molecular complexity index is 858. The fourth-order valence-electron chi connectivity index (χ4n) is 9.13. The number of aryl methyl sites for hydroxylation is 1. The second-order valence-corrected chi connectivity index (χ2v) is 12.4. The number of fused-ring (bicyclic) bond motifs is 5. The molecule has 4 fully saturated rings. The van der Waals surface area contributed by atoms with Crippen LogP contribution in [0, 0.1) is 47.3 Å². The molecule has 4 saturated carbocycles. The number of hydrogen-bond donors (Lipinski definition) is 1. The number of benzene rings is 1. The summed E-state index contributed by atoms with van der Waals surface area (Å²) in [7, 11) is 1.86. The van der Waals surface area contributed by atoms with Crippen LogP contribution in [0.15, 0.2) is 24.3 Å². The Labute approximate surface area is 194 Å². The molecule has 176 valence electrons. The van der Waals surface area contributed by atoms with E-state index in [4.69, 9.17) is 4.74 Å². The molecule has 3 nitrogen and oxygen atoms in total. The van der Waals surface area contributed by atoms with Crippen LogP contribution in [0.5, 0.6) is 0 Å². The van der Waals surface area contributed by atoms with Gasteiger partial charge in [0.2, 0.25) is 0 Å². The molecule has 0 spiro atoms. The number of carbonyl (C=O) groups excluding carboxylic acids is 1. The molecule has 3 heteroatoms. The van der Waals surface area contributed by atoms with Crippen LogP contribution in [-0.2, 0) is 4.74 Å². The average molecular weight is 439 g/mol. The minimum absolute atomic E-state index is 0.129. The van der Waals surface area contributed by atoms with Crippen molar-refractivity contribution in [2.75, 3.05) is 13.7 Å². The Kier molecular flexibility index (Phi) is 5.61. The van der Waals surface area contributed by atoms with Crippen molar-refractivity contribution in [3.8, 4) is 0 Å². The van der Waals surface area contributed by atoms with Gasteiger partial charge < -0.3 is 9.84 Å². The van der Waals surface area contributed by atoms with E-state index in [-0.39, 0.29) is 16.7 Å². The molecule has 0 bridgehead atoms. The number of ketones is 1. The Morgan fingerprint density at radius 2 is 1.75 bits per heavy atom. The number of methoxy groups -OCH3 is 1. The first-order valence-corrected chi connectivity index (χ1v) is 13.0. The molecule has 0 aromatic heterocycles. The maximum absolute atomic E-state index is 13.6. The summed E-state index contributed by atoms with van der Waals surface area (Å²) in [4.78, 5) is 13.6. The summed E-state index contributed by atoms with van der Waals surface area (Å²) >= 11 is 0. The van der Waals surface area contributed by atoms with Gasteiger partial charge in [0.05, 0.1) is 12.2 Å². The second kappa shape index (κ2) is 7.94. The summed E-state index contributed by atoms with van der Waals surface area (Å²) in [6.07, 6.45) is 10.0. The van der Waals surface area contributed by atoms with Crippen LogP contribution in [0.3, 0.4) is 0 Å². The van der Waals surface area contributed by atoms with Crippen molar-refractivity contribution >= 4 is 5.78 Å². The highest BCUT2D eigenvalue weighted by Crippen LogP contribution is 2.68. The number of ether oxygens (including phenoxy) is 1. The van der Waals surface area contributed by atoms with Gasteiger partial charge in [-0.15, -0.1) is 0 Å². The zero-order chi connectivity index (χ0) is 22.7. The standard InChI is InChI=1S/C29H42O3/c1-19-5-7-20(8-6-19)26(30)25-12-11-23-22-10-9-21-17-27(2,31)15-16-29(21,18-32-4)24(22)13-14-28(23,25)3/h5-8,21-25,31H,9-18H2,1-4H3/t21-,22-,23-,24?,25+,27+,28-,29+/m0/s1. The number of rotatable bonds is 4. The lowest BCUT2D eigenvalue weighted by Crippen LogP contribution is -2.58. The topological polar surface area (TPSA) is 46.5 Å². The lowest BCUT2D eigenvalue weighted by molar-refractivity contribution is -0.173. The fraction of sp³-hybridized carbons (Fsp3) is 0.759. The van der Waals surface area contributed by atoms with Gasteiger partial charge in [0.1, 0.15) is 0 Å². The van der Waals surface area contributed by atoms with Crippen LogP contribution >= 0.6 is 0 Å². The van der Waals surface area contributed by atoms with Gasteiger partial charge in [0.25, 0.3) is 0 Å². The predicted molar refractivity (Wildman–Crippen MR) is 128 cm³/mol. The van der Waals surface area contributed by atoms with E-state index in [9.17, 15) is 9.90 Å². The normalized spacial score (nSPS) is 45.6. The van der Waals surface area contributed by atoms with E-state index in [1.165, 1.54) is 31.2 Å². The molecular formula is C29H42O3. The zero-order valence-electron chi connectivity index (χ0n) is 20.5. The first-order chi connectivity index (χ1) is 15.2. The molecule has 0 saturated heterocycles. The molecule has 32 heavy (non-hydrogen) atoms. The average Bonchev–Trinajstić information content (AvgIpc) is 3.11. The highest BCUT2D eigenvalue weighted by molar-refractivity contribution is 5.98. The highest BCUT2D eigenvalue weighted by Gasteiger charge is 2.63. The maximum Gasteiger partial charge on any atom is 0.166 e. The van der Waals surface area contributed by atoms with E-state index in [0.717, 1.165) is 44.3 Å². The minimum Gasteiger partial charge on any atom is -0.390 e. The summed E-state index contributed by atoms with van der Waals surface area (Å²) in [5.41, 5.74) is 1.95. The smallest absolute Gasteiger partial charge is 0.166 e. The lowest BCUT2D eigenvalue weighted by Gasteiger charge is -2.62. The second-order valence-electron chi connectivity index (χ2n) is 12.4. The Morgan fingerprint density at radius 3 is 2.47 bits per heavy atom. The summed E-state index contributed by atoms with van der Waals surface area (Å²) in [6.45, 7) is 7.40. The molecule has 1 N–H and O–H groups in total. The maximum atomic E-state index is 13.6. The van der Waals surface area contributed by atoms with E-state index in [1.54, 1.807) is 0 Å². The summed E-state index contributed by atoms with van der Waals surface area (Å²) in [5, 5.41) is 10.8. The third-order valence-electron chi connectivity index (χ3n) is 10.7. The SMILES string of the molecule is COC[C@]12CC[C@@](C)(O)C[C@@H]1CC[C@@H]1C2CC[C@]2(C)[C@@H](C(=O)c3ccc(C)cc3)CC[C@@H]12. The quantitative estimate of drug-likeness (QED) is 0.568. The predicted octanol–water partition coefficient (Wildman–Crippen LogP) is 6.21. The van der Waals surface area contributed by atoms with Crippen molar-refractivity contribution in [2.45, 2.75) is 84.2 Å². The Hall–Kier alpha value is -1.19. The molecule has 0 amide bonds.